The van der Waals surface area contributed by atoms with Crippen LogP contribution in [0.4, 0.5) is 0 Å². The first-order chi connectivity index (χ1) is 7.59. The van der Waals surface area contributed by atoms with Crippen LogP contribution < -0.4 is 5.32 Å². The summed E-state index contributed by atoms with van der Waals surface area (Å²) in [6, 6.07) is 0.173. The van der Waals surface area contributed by atoms with Crippen molar-refractivity contribution in [3.63, 3.8) is 0 Å². The fourth-order valence-corrected chi connectivity index (χ4v) is 3.27. The zero-order valence-corrected chi connectivity index (χ0v) is 9.91. The van der Waals surface area contributed by atoms with E-state index < -0.39 is 5.92 Å². The lowest BCUT2D eigenvalue weighted by Crippen LogP contribution is -2.62. The largest absolute Gasteiger partial charge is 0.468 e. The first-order valence-electron chi connectivity index (χ1n) is 5.97. The second-order valence-corrected chi connectivity index (χ2v) is 5.04. The number of Topliss-reactive ketones (excluding diaryl/α,β-unsaturated/α-hetero) is 1. The Morgan fingerprint density at radius 3 is 2.62 bits per heavy atom. The minimum atomic E-state index is -0.587. The molecule has 1 aliphatic heterocycles. The molecule has 4 heteroatoms. The van der Waals surface area contributed by atoms with Gasteiger partial charge in [-0.15, -0.1) is 0 Å². The maximum absolute atomic E-state index is 12.0. The molecule has 2 rings (SSSR count). The lowest BCUT2D eigenvalue weighted by Gasteiger charge is -2.42. The molecule has 2 atom stereocenters. The predicted octanol–water partition coefficient (Wildman–Crippen LogP) is 1.04. The molecule has 1 aliphatic carbocycles. The average molecular weight is 225 g/mol. The van der Waals surface area contributed by atoms with Gasteiger partial charge in [-0.05, 0) is 19.8 Å². The van der Waals surface area contributed by atoms with Gasteiger partial charge in [-0.3, -0.25) is 9.59 Å². The van der Waals surface area contributed by atoms with E-state index in [-0.39, 0.29) is 23.3 Å². The quantitative estimate of drug-likeness (QED) is 0.535. The van der Waals surface area contributed by atoms with Gasteiger partial charge < -0.3 is 10.1 Å². The number of ketones is 1. The highest BCUT2D eigenvalue weighted by molar-refractivity contribution is 6.01. The van der Waals surface area contributed by atoms with Crippen LogP contribution >= 0.6 is 0 Å². The van der Waals surface area contributed by atoms with Gasteiger partial charge in [0.2, 0.25) is 0 Å². The summed E-state index contributed by atoms with van der Waals surface area (Å²) in [5.74, 6) is -0.914. The molecule has 0 bridgehead atoms. The molecule has 0 radical (unpaired) electrons. The van der Waals surface area contributed by atoms with Gasteiger partial charge in [-0.25, -0.2) is 0 Å². The lowest BCUT2D eigenvalue weighted by atomic mass is 9.74. The summed E-state index contributed by atoms with van der Waals surface area (Å²) in [5.41, 5.74) is -0.318. The Labute approximate surface area is 95.7 Å². The Morgan fingerprint density at radius 2 is 2.06 bits per heavy atom. The van der Waals surface area contributed by atoms with Crippen LogP contribution in [0.2, 0.25) is 0 Å². The van der Waals surface area contributed by atoms with E-state index in [1.165, 1.54) is 7.11 Å². The number of carbonyl (C=O) groups is 2. The minimum Gasteiger partial charge on any atom is -0.468 e. The van der Waals surface area contributed by atoms with Crippen molar-refractivity contribution in [3.05, 3.63) is 0 Å². The molecule has 1 spiro atoms. The fourth-order valence-electron chi connectivity index (χ4n) is 3.27. The first-order valence-corrected chi connectivity index (χ1v) is 5.97. The number of hydrogen-bond acceptors (Lipinski definition) is 4. The van der Waals surface area contributed by atoms with Crippen LogP contribution in [0.15, 0.2) is 0 Å². The smallest absolute Gasteiger partial charge is 0.318 e. The molecular formula is C12H19NO3. The van der Waals surface area contributed by atoms with Crippen LogP contribution in [-0.2, 0) is 14.3 Å². The molecular weight excluding hydrogens is 206 g/mol. The van der Waals surface area contributed by atoms with Crippen molar-refractivity contribution in [3.8, 4) is 0 Å². The highest BCUT2D eigenvalue weighted by Crippen LogP contribution is 2.40. The lowest BCUT2D eigenvalue weighted by molar-refractivity contribution is -0.155. The highest BCUT2D eigenvalue weighted by atomic mass is 16.5. The first kappa shape index (κ1) is 11.6. The Morgan fingerprint density at radius 1 is 1.44 bits per heavy atom. The zero-order chi connectivity index (χ0) is 11.8. The SMILES string of the molecule is COC(=O)[C@H]1C(=O)C[C@@H](C)NC12CCCC2. The van der Waals surface area contributed by atoms with Gasteiger partial charge in [0.25, 0.3) is 0 Å². The minimum absolute atomic E-state index is 0.0417. The van der Waals surface area contributed by atoms with Crippen LogP contribution in [0.25, 0.3) is 0 Å². The number of nitrogens with one attached hydrogen (secondary N) is 1. The third-order valence-corrected chi connectivity index (χ3v) is 3.85. The van der Waals surface area contributed by atoms with Gasteiger partial charge in [0.05, 0.1) is 7.11 Å². The second kappa shape index (κ2) is 4.17. The number of ether oxygens (including phenoxy) is 1. The van der Waals surface area contributed by atoms with Crippen LogP contribution in [0.1, 0.15) is 39.0 Å². The van der Waals surface area contributed by atoms with Crippen LogP contribution in [0, 0.1) is 5.92 Å². The molecule has 0 aromatic carbocycles. The summed E-state index contributed by atoms with van der Waals surface area (Å²) >= 11 is 0. The van der Waals surface area contributed by atoms with Gasteiger partial charge in [0, 0.05) is 18.0 Å². The normalized spacial score (nSPS) is 33.0. The van der Waals surface area contributed by atoms with E-state index in [0.29, 0.717) is 6.42 Å². The third kappa shape index (κ3) is 1.75. The molecule has 90 valence electrons. The molecule has 4 nitrogen and oxygen atoms in total. The third-order valence-electron chi connectivity index (χ3n) is 3.85. The molecule has 2 aliphatic rings. The monoisotopic (exact) mass is 225 g/mol. The number of esters is 1. The van der Waals surface area contributed by atoms with Gasteiger partial charge in [0.1, 0.15) is 5.92 Å². The van der Waals surface area contributed by atoms with Crippen molar-refractivity contribution in [2.75, 3.05) is 7.11 Å². The van der Waals surface area contributed by atoms with Crippen LogP contribution in [0.5, 0.6) is 0 Å². The number of piperidine rings is 1. The van der Waals surface area contributed by atoms with Crippen LogP contribution in [0.3, 0.4) is 0 Å². The molecule has 0 aromatic rings. The van der Waals surface area contributed by atoms with E-state index in [4.69, 9.17) is 4.74 Å². The van der Waals surface area contributed by atoms with Crippen molar-refractivity contribution >= 4 is 11.8 Å². The maximum atomic E-state index is 12.0. The zero-order valence-electron chi connectivity index (χ0n) is 9.91. The standard InChI is InChI=1S/C12H19NO3/c1-8-7-9(14)10(11(15)16-2)12(13-8)5-3-4-6-12/h8,10,13H,3-7H2,1-2H3/t8-,10-/m1/s1. The Kier molecular flexibility index (Phi) is 3.02. The van der Waals surface area contributed by atoms with Crippen LogP contribution in [-0.4, -0.2) is 30.4 Å². The van der Waals surface area contributed by atoms with Crippen molar-refractivity contribution in [2.45, 2.75) is 50.6 Å². The van der Waals surface area contributed by atoms with E-state index in [9.17, 15) is 9.59 Å². The average Bonchev–Trinajstić information content (AvgIpc) is 2.65. The second-order valence-electron chi connectivity index (χ2n) is 5.04. The van der Waals surface area contributed by atoms with E-state index in [2.05, 4.69) is 5.32 Å². The van der Waals surface area contributed by atoms with Crippen molar-refractivity contribution in [1.82, 2.24) is 5.32 Å². The van der Waals surface area contributed by atoms with Crippen molar-refractivity contribution in [2.24, 2.45) is 5.92 Å². The highest BCUT2D eigenvalue weighted by Gasteiger charge is 2.52. The number of methoxy groups -OCH3 is 1. The number of carbonyl (C=O) groups excluding carboxylic acids is 2. The van der Waals surface area contributed by atoms with Gasteiger partial charge in [0.15, 0.2) is 5.78 Å². The Bertz CT molecular complexity index is 307. The van der Waals surface area contributed by atoms with Crippen molar-refractivity contribution in [1.29, 1.82) is 0 Å². The molecule has 0 aromatic heterocycles. The maximum Gasteiger partial charge on any atom is 0.318 e. The molecule has 0 amide bonds. The van der Waals surface area contributed by atoms with Gasteiger partial charge >= 0.3 is 5.97 Å². The van der Waals surface area contributed by atoms with E-state index in [1.54, 1.807) is 0 Å². The molecule has 1 heterocycles. The Balaban J connectivity index is 2.29. The Hall–Kier alpha value is -0.900. The summed E-state index contributed by atoms with van der Waals surface area (Å²) in [6.45, 7) is 2.01. The summed E-state index contributed by atoms with van der Waals surface area (Å²) in [6.07, 6.45) is 4.41. The molecule has 1 saturated carbocycles. The molecule has 16 heavy (non-hydrogen) atoms. The number of rotatable bonds is 1. The number of hydrogen-bond donors (Lipinski definition) is 1. The predicted molar refractivity (Wildman–Crippen MR) is 58.9 cm³/mol. The summed E-state index contributed by atoms with van der Waals surface area (Å²) < 4.78 is 4.78. The van der Waals surface area contributed by atoms with E-state index in [1.807, 2.05) is 6.92 Å². The fraction of sp³-hybridized carbons (Fsp3) is 0.833. The molecule has 1 N–H and O–H groups in total. The molecule has 2 fully saturated rings. The van der Waals surface area contributed by atoms with Gasteiger partial charge in [-0.2, -0.15) is 0 Å². The topological polar surface area (TPSA) is 55.4 Å². The summed E-state index contributed by atoms with van der Waals surface area (Å²) in [4.78, 5) is 23.8. The van der Waals surface area contributed by atoms with Gasteiger partial charge in [-0.1, -0.05) is 12.8 Å². The van der Waals surface area contributed by atoms with E-state index >= 15 is 0 Å². The molecule has 1 saturated heterocycles. The molecule has 0 unspecified atom stereocenters. The summed E-state index contributed by atoms with van der Waals surface area (Å²) in [5, 5.41) is 3.47. The van der Waals surface area contributed by atoms with Crippen molar-refractivity contribution < 1.29 is 14.3 Å². The van der Waals surface area contributed by atoms with E-state index in [0.717, 1.165) is 25.7 Å². The summed E-state index contributed by atoms with van der Waals surface area (Å²) in [7, 11) is 1.36.